The average Bonchev–Trinajstić information content (AvgIpc) is 3.21. The molecule has 30 heavy (non-hydrogen) atoms. The quantitative estimate of drug-likeness (QED) is 0.660. The van der Waals surface area contributed by atoms with Crippen molar-refractivity contribution in [2.24, 2.45) is 0 Å². The Morgan fingerprint density at radius 3 is 2.47 bits per heavy atom. The number of carbonyl (C=O) groups is 1. The summed E-state index contributed by atoms with van der Waals surface area (Å²) >= 11 is 0. The zero-order valence-electron chi connectivity index (χ0n) is 15.8. The lowest BCUT2D eigenvalue weighted by Crippen LogP contribution is -2.23. The predicted octanol–water partition coefficient (Wildman–Crippen LogP) is 2.79. The number of benzene rings is 2. The molecule has 0 aliphatic carbocycles. The Hall–Kier alpha value is -3.25. The molecule has 0 aliphatic heterocycles. The van der Waals surface area contributed by atoms with Crippen LogP contribution in [0.5, 0.6) is 0 Å². The molecule has 0 aliphatic rings. The Morgan fingerprint density at radius 1 is 1.13 bits per heavy atom. The number of halogens is 3. The van der Waals surface area contributed by atoms with Crippen LogP contribution in [0.4, 0.5) is 18.9 Å². The van der Waals surface area contributed by atoms with Crippen LogP contribution in [0, 0.1) is 0 Å². The number of nitrogens with zero attached hydrogens (tertiary/aromatic N) is 4. The number of nitrogens with one attached hydrogen (secondary N) is 1. The maximum atomic E-state index is 13.1. The lowest BCUT2D eigenvalue weighted by molar-refractivity contribution is -0.137. The van der Waals surface area contributed by atoms with E-state index in [1.807, 2.05) is 0 Å². The van der Waals surface area contributed by atoms with E-state index in [1.54, 1.807) is 0 Å². The molecule has 158 valence electrons. The summed E-state index contributed by atoms with van der Waals surface area (Å²) in [4.78, 5) is 16.3. The molecule has 3 aromatic rings. The number of carbonyl (C=O) groups excluding carboxylic acids is 1. The van der Waals surface area contributed by atoms with Gasteiger partial charge in [-0.25, -0.2) is 22.4 Å². The first-order chi connectivity index (χ1) is 14.0. The lowest BCUT2D eigenvalue weighted by atomic mass is 10.1. The Morgan fingerprint density at radius 2 is 1.87 bits per heavy atom. The van der Waals surface area contributed by atoms with Gasteiger partial charge < -0.3 is 5.32 Å². The third-order valence-electron chi connectivity index (χ3n) is 4.11. The van der Waals surface area contributed by atoms with Gasteiger partial charge >= 0.3 is 6.18 Å². The van der Waals surface area contributed by atoms with Crippen LogP contribution in [-0.4, -0.2) is 47.5 Å². The van der Waals surface area contributed by atoms with Crippen molar-refractivity contribution in [2.45, 2.75) is 11.1 Å². The van der Waals surface area contributed by atoms with Gasteiger partial charge in [0.1, 0.15) is 12.7 Å². The third kappa shape index (κ3) is 4.33. The SMILES string of the molecule is CN(C)S(=O)(=O)c1cccc(C(=O)Nc2cc(C(F)(F)F)ccc2-n2cncn2)c1. The molecule has 1 N–H and O–H groups in total. The molecule has 0 radical (unpaired) electrons. The molecule has 0 saturated heterocycles. The fourth-order valence-electron chi connectivity index (χ4n) is 2.55. The Labute approximate surface area is 170 Å². The first-order valence-electron chi connectivity index (χ1n) is 8.40. The largest absolute Gasteiger partial charge is 0.416 e. The maximum absolute atomic E-state index is 13.1. The Bertz CT molecular complexity index is 1180. The minimum Gasteiger partial charge on any atom is -0.320 e. The zero-order chi connectivity index (χ0) is 22.1. The van der Waals surface area contributed by atoms with Gasteiger partial charge in [0.2, 0.25) is 10.0 Å². The molecule has 0 atom stereocenters. The number of aromatic nitrogens is 3. The third-order valence-corrected chi connectivity index (χ3v) is 5.92. The van der Waals surface area contributed by atoms with Crippen LogP contribution in [0.3, 0.4) is 0 Å². The van der Waals surface area contributed by atoms with Crippen LogP contribution in [0.1, 0.15) is 15.9 Å². The number of anilines is 1. The molecule has 1 aromatic heterocycles. The molecule has 0 saturated carbocycles. The number of alkyl halides is 3. The van der Waals surface area contributed by atoms with E-state index in [1.165, 1.54) is 49.6 Å². The van der Waals surface area contributed by atoms with Gasteiger partial charge in [0.05, 0.1) is 21.8 Å². The normalized spacial score (nSPS) is 12.2. The van der Waals surface area contributed by atoms with E-state index in [-0.39, 0.29) is 21.8 Å². The molecule has 8 nitrogen and oxygen atoms in total. The van der Waals surface area contributed by atoms with Gasteiger partial charge in [-0.05, 0) is 36.4 Å². The van der Waals surface area contributed by atoms with Crippen molar-refractivity contribution < 1.29 is 26.4 Å². The number of rotatable bonds is 5. The molecule has 0 spiro atoms. The van der Waals surface area contributed by atoms with Crippen LogP contribution < -0.4 is 5.32 Å². The van der Waals surface area contributed by atoms with E-state index >= 15 is 0 Å². The number of sulfonamides is 1. The van der Waals surface area contributed by atoms with Crippen LogP contribution in [0.2, 0.25) is 0 Å². The van der Waals surface area contributed by atoms with E-state index in [9.17, 15) is 26.4 Å². The molecule has 3 rings (SSSR count). The summed E-state index contributed by atoms with van der Waals surface area (Å²) in [6.45, 7) is 0. The number of hydrogen-bond donors (Lipinski definition) is 1. The number of amides is 1. The summed E-state index contributed by atoms with van der Waals surface area (Å²) in [7, 11) is -1.11. The predicted molar refractivity (Wildman–Crippen MR) is 102 cm³/mol. The topological polar surface area (TPSA) is 97.2 Å². The monoisotopic (exact) mass is 439 g/mol. The highest BCUT2D eigenvalue weighted by molar-refractivity contribution is 7.89. The van der Waals surface area contributed by atoms with Gasteiger partial charge in [0, 0.05) is 19.7 Å². The van der Waals surface area contributed by atoms with E-state index in [4.69, 9.17) is 0 Å². The lowest BCUT2D eigenvalue weighted by Gasteiger charge is -2.15. The van der Waals surface area contributed by atoms with Crippen molar-refractivity contribution >= 4 is 21.6 Å². The summed E-state index contributed by atoms with van der Waals surface area (Å²) in [5.41, 5.74) is -1.02. The minimum atomic E-state index is -4.62. The summed E-state index contributed by atoms with van der Waals surface area (Å²) in [6, 6.07) is 7.97. The second-order valence-electron chi connectivity index (χ2n) is 6.34. The maximum Gasteiger partial charge on any atom is 0.416 e. The van der Waals surface area contributed by atoms with Gasteiger partial charge in [0.15, 0.2) is 0 Å². The molecular formula is C18H16F3N5O3S. The van der Waals surface area contributed by atoms with Crippen molar-refractivity contribution in [2.75, 3.05) is 19.4 Å². The van der Waals surface area contributed by atoms with Crippen molar-refractivity contribution in [1.29, 1.82) is 0 Å². The number of hydrogen-bond acceptors (Lipinski definition) is 5. The van der Waals surface area contributed by atoms with Crippen molar-refractivity contribution in [3.63, 3.8) is 0 Å². The van der Waals surface area contributed by atoms with E-state index in [2.05, 4.69) is 15.4 Å². The fourth-order valence-corrected chi connectivity index (χ4v) is 3.50. The summed E-state index contributed by atoms with van der Waals surface area (Å²) in [5, 5.41) is 6.27. The van der Waals surface area contributed by atoms with Gasteiger partial charge in [-0.1, -0.05) is 6.07 Å². The molecule has 2 aromatic carbocycles. The molecule has 12 heteroatoms. The highest BCUT2D eigenvalue weighted by Gasteiger charge is 2.31. The molecule has 0 fully saturated rings. The van der Waals surface area contributed by atoms with Crippen molar-refractivity contribution in [3.8, 4) is 5.69 Å². The van der Waals surface area contributed by atoms with Gasteiger partial charge in [0.25, 0.3) is 5.91 Å². The summed E-state index contributed by atoms with van der Waals surface area (Å²) in [5.74, 6) is -0.786. The van der Waals surface area contributed by atoms with Gasteiger partial charge in [-0.3, -0.25) is 4.79 Å². The molecule has 0 bridgehead atoms. The molecule has 1 amide bonds. The second-order valence-corrected chi connectivity index (χ2v) is 8.49. The zero-order valence-corrected chi connectivity index (χ0v) is 16.6. The van der Waals surface area contributed by atoms with Crippen molar-refractivity contribution in [1.82, 2.24) is 19.1 Å². The highest BCUT2D eigenvalue weighted by Crippen LogP contribution is 2.33. The van der Waals surface area contributed by atoms with Gasteiger partial charge in [-0.2, -0.15) is 18.3 Å². The highest BCUT2D eigenvalue weighted by atomic mass is 32.2. The summed E-state index contributed by atoms with van der Waals surface area (Å²) < 4.78 is 66.2. The molecule has 1 heterocycles. The second kappa shape index (κ2) is 7.88. The van der Waals surface area contributed by atoms with Crippen LogP contribution in [0.15, 0.2) is 60.0 Å². The Balaban J connectivity index is 2.01. The molecular weight excluding hydrogens is 423 g/mol. The van der Waals surface area contributed by atoms with E-state index in [0.717, 1.165) is 28.6 Å². The molecule has 0 unspecified atom stereocenters. The standard InChI is InChI=1S/C18H16F3N5O3S/c1-25(2)30(28,29)14-5-3-4-12(8-14)17(27)24-15-9-13(18(19,20)21)6-7-16(15)26-11-22-10-23-26/h3-11H,1-2H3,(H,24,27). The fraction of sp³-hybridized carbons (Fsp3) is 0.167. The average molecular weight is 439 g/mol. The first-order valence-corrected chi connectivity index (χ1v) is 9.84. The van der Waals surface area contributed by atoms with Crippen LogP contribution >= 0.6 is 0 Å². The van der Waals surface area contributed by atoms with E-state index in [0.29, 0.717) is 0 Å². The van der Waals surface area contributed by atoms with Crippen molar-refractivity contribution in [3.05, 3.63) is 66.2 Å². The van der Waals surface area contributed by atoms with E-state index < -0.39 is 27.7 Å². The van der Waals surface area contributed by atoms with Gasteiger partial charge in [-0.15, -0.1) is 0 Å². The van der Waals surface area contributed by atoms with Crippen LogP contribution in [0.25, 0.3) is 5.69 Å². The first kappa shape index (κ1) is 21.5. The minimum absolute atomic E-state index is 0.0418. The van der Waals surface area contributed by atoms with Crippen LogP contribution in [-0.2, 0) is 16.2 Å². The summed E-state index contributed by atoms with van der Waals surface area (Å²) in [6.07, 6.45) is -2.17. The smallest absolute Gasteiger partial charge is 0.320 e. The Kier molecular flexibility index (Phi) is 5.63.